The molecule has 4 N–H and O–H groups in total. The third-order valence-electron chi connectivity index (χ3n) is 3.55. The highest BCUT2D eigenvalue weighted by molar-refractivity contribution is 6.53. The molecule has 4 heteroatoms. The van der Waals surface area contributed by atoms with E-state index < -0.39 is 0 Å². The van der Waals surface area contributed by atoms with Gasteiger partial charge in [0.2, 0.25) is 5.96 Å². The molecule has 3 rings (SSSR count). The summed E-state index contributed by atoms with van der Waals surface area (Å²) < 4.78 is 0. The van der Waals surface area contributed by atoms with Gasteiger partial charge in [0.15, 0.2) is 0 Å². The van der Waals surface area contributed by atoms with Crippen molar-refractivity contribution in [2.75, 3.05) is 0 Å². The second-order valence-electron chi connectivity index (χ2n) is 5.15. The van der Waals surface area contributed by atoms with Gasteiger partial charge in [-0.3, -0.25) is 10.8 Å². The Bertz CT molecular complexity index is 911. The zero-order valence-electron chi connectivity index (χ0n) is 12.5. The van der Waals surface area contributed by atoms with Crippen LogP contribution in [0, 0.1) is 10.8 Å². The van der Waals surface area contributed by atoms with Crippen molar-refractivity contribution in [2.45, 2.75) is 0 Å². The van der Waals surface area contributed by atoms with Gasteiger partial charge < -0.3 is 5.73 Å². The van der Waals surface area contributed by atoms with E-state index in [-0.39, 0.29) is 11.7 Å². The van der Waals surface area contributed by atoms with Crippen molar-refractivity contribution < 1.29 is 0 Å². The van der Waals surface area contributed by atoms with E-state index in [1.807, 2.05) is 72.8 Å². The molecule has 0 heterocycles. The van der Waals surface area contributed by atoms with Crippen molar-refractivity contribution in [1.82, 2.24) is 0 Å². The van der Waals surface area contributed by atoms with Gasteiger partial charge in [-0.15, -0.1) is 0 Å². The Balaban J connectivity index is 2.08. The van der Waals surface area contributed by atoms with Crippen LogP contribution in [0.15, 0.2) is 77.8 Å². The van der Waals surface area contributed by atoms with Crippen molar-refractivity contribution in [3.8, 4) is 0 Å². The second kappa shape index (κ2) is 6.23. The highest BCUT2D eigenvalue weighted by Gasteiger charge is 2.13. The number of fused-ring (bicyclic) bond motifs is 1. The average Bonchev–Trinajstić information content (AvgIpc) is 2.59. The summed E-state index contributed by atoms with van der Waals surface area (Å²) in [5, 5.41) is 18.1. The van der Waals surface area contributed by atoms with Crippen molar-refractivity contribution in [1.29, 1.82) is 10.8 Å². The monoisotopic (exact) mass is 300 g/mol. The molecule has 0 bridgehead atoms. The molecule has 0 spiro atoms. The molecule has 112 valence electrons. The predicted molar refractivity (Wildman–Crippen MR) is 95.7 cm³/mol. The summed E-state index contributed by atoms with van der Waals surface area (Å²) in [6.07, 6.45) is 0. The molecule has 0 radical (unpaired) electrons. The molecular weight excluding hydrogens is 284 g/mol. The summed E-state index contributed by atoms with van der Waals surface area (Å²) >= 11 is 0. The van der Waals surface area contributed by atoms with Gasteiger partial charge in [-0.05, 0) is 16.8 Å². The maximum Gasteiger partial charge on any atom is 0.213 e. The number of nitrogens with zero attached hydrogens (tertiary/aromatic N) is 1. The van der Waals surface area contributed by atoms with E-state index in [1.54, 1.807) is 0 Å². The van der Waals surface area contributed by atoms with E-state index in [0.717, 1.165) is 21.9 Å². The number of hydrogen-bond acceptors (Lipinski definition) is 2. The van der Waals surface area contributed by atoms with Crippen molar-refractivity contribution >= 4 is 28.2 Å². The Labute approximate surface area is 134 Å². The number of nitrogens with two attached hydrogens (primary N) is 1. The molecule has 0 amide bonds. The van der Waals surface area contributed by atoms with Crippen LogP contribution in [0.3, 0.4) is 0 Å². The third kappa shape index (κ3) is 3.16. The number of nitrogens with one attached hydrogen (secondary N) is 2. The average molecular weight is 300 g/mol. The lowest BCUT2D eigenvalue weighted by molar-refractivity contribution is 1.37. The Morgan fingerprint density at radius 2 is 1.39 bits per heavy atom. The van der Waals surface area contributed by atoms with E-state index in [0.29, 0.717) is 5.71 Å². The molecule has 0 atom stereocenters. The lowest BCUT2D eigenvalue weighted by atomic mass is 9.97. The number of aliphatic imine (C=N–C) groups is 1. The first-order valence-electron chi connectivity index (χ1n) is 7.21. The van der Waals surface area contributed by atoms with Crippen LogP contribution in [0.25, 0.3) is 10.8 Å². The summed E-state index contributed by atoms with van der Waals surface area (Å²) in [6.45, 7) is 0. The van der Waals surface area contributed by atoms with Gasteiger partial charge in [0.25, 0.3) is 0 Å². The molecule has 0 aliphatic heterocycles. The topological polar surface area (TPSA) is 86.1 Å². The molecule has 0 unspecified atom stereocenters. The molecule has 0 fully saturated rings. The quantitative estimate of drug-likeness (QED) is 0.501. The molecule has 0 saturated carbocycles. The Hall–Kier alpha value is -3.27. The van der Waals surface area contributed by atoms with Crippen LogP contribution < -0.4 is 5.73 Å². The zero-order chi connectivity index (χ0) is 16.2. The van der Waals surface area contributed by atoms with E-state index in [4.69, 9.17) is 16.6 Å². The summed E-state index contributed by atoms with van der Waals surface area (Å²) in [4.78, 5) is 4.06. The number of guanidine groups is 1. The standard InChI is InChI=1S/C19H16N4/c20-17(16-11-10-13-6-4-5-9-15(13)12-16)18(23-19(21)22)14-7-2-1-3-8-14/h1-12,20H,(H3,21,22). The summed E-state index contributed by atoms with van der Waals surface area (Å²) in [6, 6.07) is 23.2. The SMILES string of the molecule is N=C(N)N=C(C(=N)c1ccc2ccccc2c1)c1ccccc1. The molecule has 3 aromatic carbocycles. The van der Waals surface area contributed by atoms with E-state index in [1.165, 1.54) is 0 Å². The minimum absolute atomic E-state index is 0.247. The number of benzene rings is 3. The Kier molecular flexibility index (Phi) is 3.97. The van der Waals surface area contributed by atoms with Gasteiger partial charge in [0, 0.05) is 11.1 Å². The maximum atomic E-state index is 8.51. The van der Waals surface area contributed by atoms with E-state index in [2.05, 4.69) is 4.99 Å². The van der Waals surface area contributed by atoms with E-state index in [9.17, 15) is 0 Å². The Morgan fingerprint density at radius 3 is 2.09 bits per heavy atom. The van der Waals surface area contributed by atoms with Crippen LogP contribution >= 0.6 is 0 Å². The van der Waals surface area contributed by atoms with Gasteiger partial charge >= 0.3 is 0 Å². The van der Waals surface area contributed by atoms with Crippen LogP contribution in [-0.2, 0) is 0 Å². The number of hydrogen-bond donors (Lipinski definition) is 3. The van der Waals surface area contributed by atoms with Crippen LogP contribution in [0.1, 0.15) is 11.1 Å². The lowest BCUT2D eigenvalue weighted by Crippen LogP contribution is -2.20. The first-order valence-corrected chi connectivity index (χ1v) is 7.21. The molecule has 0 aliphatic rings. The van der Waals surface area contributed by atoms with Gasteiger partial charge in [-0.25, -0.2) is 4.99 Å². The fourth-order valence-electron chi connectivity index (χ4n) is 2.46. The molecule has 23 heavy (non-hydrogen) atoms. The third-order valence-corrected chi connectivity index (χ3v) is 3.55. The highest BCUT2D eigenvalue weighted by Crippen LogP contribution is 2.17. The Morgan fingerprint density at radius 1 is 0.739 bits per heavy atom. The molecule has 3 aromatic rings. The summed E-state index contributed by atoms with van der Waals surface area (Å²) in [7, 11) is 0. The molecule has 4 nitrogen and oxygen atoms in total. The normalized spacial score (nSPS) is 11.4. The van der Waals surface area contributed by atoms with Crippen molar-refractivity contribution in [3.63, 3.8) is 0 Å². The van der Waals surface area contributed by atoms with Gasteiger partial charge in [-0.1, -0.05) is 66.7 Å². The smallest absolute Gasteiger partial charge is 0.213 e. The van der Waals surface area contributed by atoms with Crippen LogP contribution in [-0.4, -0.2) is 17.4 Å². The molecular formula is C19H16N4. The zero-order valence-corrected chi connectivity index (χ0v) is 12.5. The minimum atomic E-state index is -0.311. The van der Waals surface area contributed by atoms with Gasteiger partial charge in [-0.2, -0.15) is 0 Å². The van der Waals surface area contributed by atoms with Crippen LogP contribution in [0.2, 0.25) is 0 Å². The van der Waals surface area contributed by atoms with Gasteiger partial charge in [0.1, 0.15) is 0 Å². The summed E-state index contributed by atoms with van der Waals surface area (Å²) in [5.41, 5.74) is 7.59. The second-order valence-corrected chi connectivity index (χ2v) is 5.15. The van der Waals surface area contributed by atoms with Crippen LogP contribution in [0.5, 0.6) is 0 Å². The van der Waals surface area contributed by atoms with Gasteiger partial charge in [0.05, 0.1) is 11.4 Å². The fourth-order valence-corrected chi connectivity index (χ4v) is 2.46. The lowest BCUT2D eigenvalue weighted by Gasteiger charge is -2.10. The van der Waals surface area contributed by atoms with E-state index >= 15 is 0 Å². The largest absolute Gasteiger partial charge is 0.368 e. The first-order chi connectivity index (χ1) is 11.1. The van der Waals surface area contributed by atoms with Crippen molar-refractivity contribution in [3.05, 3.63) is 83.9 Å². The highest BCUT2D eigenvalue weighted by atomic mass is 15.0. The molecule has 0 aromatic heterocycles. The van der Waals surface area contributed by atoms with Crippen LogP contribution in [0.4, 0.5) is 0 Å². The predicted octanol–water partition coefficient (Wildman–Crippen LogP) is 3.59. The maximum absolute atomic E-state index is 8.51. The molecule has 0 aliphatic carbocycles. The summed E-state index contributed by atoms with van der Waals surface area (Å²) in [5.74, 6) is -0.311. The molecule has 0 saturated heterocycles. The fraction of sp³-hybridized carbons (Fsp3) is 0. The first kappa shape index (κ1) is 14.7. The number of rotatable bonds is 3. The van der Waals surface area contributed by atoms with Crippen molar-refractivity contribution in [2.24, 2.45) is 10.7 Å². The minimum Gasteiger partial charge on any atom is -0.368 e.